The molecule has 1 aliphatic rings. The maximum absolute atomic E-state index is 13.1. The Bertz CT molecular complexity index is 1370. The molecule has 1 saturated heterocycles. The number of nitrogens with zero attached hydrogens (tertiary/aromatic N) is 3. The molecule has 0 saturated carbocycles. The van der Waals surface area contributed by atoms with Crippen LogP contribution in [-0.2, 0) is 16.4 Å². The third kappa shape index (κ3) is 5.17. The number of aromatic amines is 1. The van der Waals surface area contributed by atoms with Crippen molar-refractivity contribution in [1.29, 1.82) is 0 Å². The quantitative estimate of drug-likeness (QED) is 0.542. The van der Waals surface area contributed by atoms with E-state index in [9.17, 15) is 22.8 Å². The zero-order valence-corrected chi connectivity index (χ0v) is 19.1. The molecule has 2 aromatic carbocycles. The van der Waals surface area contributed by atoms with Gasteiger partial charge in [0.25, 0.3) is 11.8 Å². The molecule has 3 aromatic rings. The molecule has 0 spiro atoms. The molecular formula is C22H22N4O7S. The fraction of sp³-hybridized carbons (Fsp3) is 0.273. The van der Waals surface area contributed by atoms with E-state index < -0.39 is 15.6 Å². The number of H-pyrrole nitrogens is 1. The highest BCUT2D eigenvalue weighted by Crippen LogP contribution is 2.22. The first-order valence-electron chi connectivity index (χ1n) is 10.4. The maximum Gasteiger partial charge on any atom is 0.439 e. The van der Waals surface area contributed by atoms with Crippen molar-refractivity contribution < 1.29 is 27.3 Å². The van der Waals surface area contributed by atoms with Crippen molar-refractivity contribution in [3.63, 3.8) is 0 Å². The second-order valence-corrected chi connectivity index (χ2v) is 9.73. The Labute approximate surface area is 194 Å². The van der Waals surface area contributed by atoms with Gasteiger partial charge in [0.1, 0.15) is 12.4 Å². The normalized spacial score (nSPS) is 14.1. The summed E-state index contributed by atoms with van der Waals surface area (Å²) in [7, 11) is -3.43. The van der Waals surface area contributed by atoms with E-state index in [4.69, 9.17) is 4.74 Å². The van der Waals surface area contributed by atoms with Gasteiger partial charge in [-0.2, -0.15) is 0 Å². The molecule has 11 nitrogen and oxygen atoms in total. The first-order valence-corrected chi connectivity index (χ1v) is 12.3. The molecule has 2 heterocycles. The Morgan fingerprint density at radius 2 is 1.71 bits per heavy atom. The minimum Gasteiger partial charge on any atom is -0.485 e. The zero-order valence-electron chi connectivity index (χ0n) is 18.3. The highest BCUT2D eigenvalue weighted by Gasteiger charge is 2.27. The van der Waals surface area contributed by atoms with Crippen molar-refractivity contribution >= 4 is 21.7 Å². The number of hydrogen-bond donors (Lipinski definition) is 1. The van der Waals surface area contributed by atoms with E-state index in [0.29, 0.717) is 37.5 Å². The van der Waals surface area contributed by atoms with Crippen LogP contribution < -0.4 is 10.5 Å². The number of nitrogens with one attached hydrogen (secondary N) is 1. The molecule has 4 rings (SSSR count). The molecule has 1 aliphatic heterocycles. The van der Waals surface area contributed by atoms with Crippen molar-refractivity contribution in [3.05, 3.63) is 76.0 Å². The smallest absolute Gasteiger partial charge is 0.439 e. The van der Waals surface area contributed by atoms with Gasteiger partial charge in [0.05, 0.1) is 10.5 Å². The molecule has 12 heteroatoms. The fourth-order valence-electron chi connectivity index (χ4n) is 3.56. The standard InChI is InChI=1S/C22H22N4O7S/c1-34(30,31)16-6-4-5-15(13-16)20(27)25-9-11-26(12-10-25)21(28)17-7-2-3-8-18(17)32-14-19-23-22(29)33-24-19/h2-8,13H,9-12,14H2,1H3,(H,23,24,29). The molecule has 0 unspecified atom stereocenters. The lowest BCUT2D eigenvalue weighted by Crippen LogP contribution is -2.50. The van der Waals surface area contributed by atoms with Crippen LogP contribution in [0.2, 0.25) is 0 Å². The highest BCUT2D eigenvalue weighted by atomic mass is 32.2. The van der Waals surface area contributed by atoms with Gasteiger partial charge in [-0.1, -0.05) is 23.4 Å². The monoisotopic (exact) mass is 486 g/mol. The Balaban J connectivity index is 1.40. The first kappa shape index (κ1) is 23.2. The molecule has 0 atom stereocenters. The van der Waals surface area contributed by atoms with Gasteiger partial charge in [-0.15, -0.1) is 0 Å². The average molecular weight is 487 g/mol. The third-order valence-electron chi connectivity index (χ3n) is 5.33. The van der Waals surface area contributed by atoms with Gasteiger partial charge >= 0.3 is 5.76 Å². The molecule has 1 aromatic heterocycles. The van der Waals surface area contributed by atoms with E-state index >= 15 is 0 Å². The summed E-state index contributed by atoms with van der Waals surface area (Å²) in [6.45, 7) is 1.14. The number of piperazine rings is 1. The van der Waals surface area contributed by atoms with E-state index in [2.05, 4.69) is 14.7 Å². The predicted molar refractivity (Wildman–Crippen MR) is 119 cm³/mol. The van der Waals surface area contributed by atoms with Crippen LogP contribution in [0.25, 0.3) is 0 Å². The number of rotatable bonds is 6. The fourth-order valence-corrected chi connectivity index (χ4v) is 4.23. The second-order valence-electron chi connectivity index (χ2n) is 7.71. The van der Waals surface area contributed by atoms with E-state index in [1.807, 2.05) is 0 Å². The van der Waals surface area contributed by atoms with Crippen LogP contribution in [0.4, 0.5) is 0 Å². The SMILES string of the molecule is CS(=O)(=O)c1cccc(C(=O)N2CCN(C(=O)c3ccccc3OCc3noc(=O)[nH]3)CC2)c1. The van der Waals surface area contributed by atoms with Crippen molar-refractivity contribution in [3.8, 4) is 5.75 Å². The Hall–Kier alpha value is -3.93. The summed E-state index contributed by atoms with van der Waals surface area (Å²) in [4.78, 5) is 42.7. The number of aromatic nitrogens is 2. The van der Waals surface area contributed by atoms with Crippen LogP contribution in [0.15, 0.2) is 62.7 Å². The van der Waals surface area contributed by atoms with Crippen LogP contribution >= 0.6 is 0 Å². The summed E-state index contributed by atoms with van der Waals surface area (Å²) in [5, 5.41) is 3.53. The zero-order chi connectivity index (χ0) is 24.3. The Morgan fingerprint density at radius 3 is 2.35 bits per heavy atom. The van der Waals surface area contributed by atoms with Gasteiger partial charge in [0.15, 0.2) is 15.7 Å². The lowest BCUT2D eigenvalue weighted by molar-refractivity contribution is 0.0532. The molecule has 178 valence electrons. The largest absolute Gasteiger partial charge is 0.485 e. The van der Waals surface area contributed by atoms with E-state index in [0.717, 1.165) is 6.26 Å². The van der Waals surface area contributed by atoms with Crippen molar-refractivity contribution in [2.45, 2.75) is 11.5 Å². The number of hydrogen-bond acceptors (Lipinski definition) is 8. The number of benzene rings is 2. The van der Waals surface area contributed by atoms with Gasteiger partial charge in [0.2, 0.25) is 0 Å². The number of carbonyl (C=O) groups excluding carboxylic acids is 2. The molecule has 0 radical (unpaired) electrons. The highest BCUT2D eigenvalue weighted by molar-refractivity contribution is 7.90. The van der Waals surface area contributed by atoms with Crippen LogP contribution in [0.1, 0.15) is 26.5 Å². The van der Waals surface area contributed by atoms with Crippen molar-refractivity contribution in [1.82, 2.24) is 19.9 Å². The Morgan fingerprint density at radius 1 is 1.03 bits per heavy atom. The molecule has 1 N–H and O–H groups in total. The predicted octanol–water partition coefficient (Wildman–Crippen LogP) is 0.944. The maximum atomic E-state index is 13.1. The average Bonchev–Trinajstić information content (AvgIpc) is 3.26. The summed E-state index contributed by atoms with van der Waals surface area (Å²) in [5.74, 6) is -0.719. The van der Waals surface area contributed by atoms with Crippen LogP contribution in [0.3, 0.4) is 0 Å². The summed E-state index contributed by atoms with van der Waals surface area (Å²) in [6.07, 6.45) is 1.09. The molecular weight excluding hydrogens is 464 g/mol. The number of para-hydroxylation sites is 1. The van der Waals surface area contributed by atoms with Gasteiger partial charge in [-0.05, 0) is 30.3 Å². The summed E-state index contributed by atoms with van der Waals surface area (Å²) >= 11 is 0. The summed E-state index contributed by atoms with van der Waals surface area (Å²) in [5.41, 5.74) is 0.626. The molecule has 0 bridgehead atoms. The summed E-state index contributed by atoms with van der Waals surface area (Å²) < 4.78 is 33.7. The lowest BCUT2D eigenvalue weighted by Gasteiger charge is -2.35. The minimum absolute atomic E-state index is 0.0785. The number of sulfone groups is 1. The second kappa shape index (κ2) is 9.51. The lowest BCUT2D eigenvalue weighted by atomic mass is 10.1. The first-order chi connectivity index (χ1) is 16.2. The number of amides is 2. The number of ether oxygens (including phenoxy) is 1. The van der Waals surface area contributed by atoms with E-state index in [-0.39, 0.29) is 34.7 Å². The van der Waals surface area contributed by atoms with Gasteiger partial charge < -0.3 is 14.5 Å². The minimum atomic E-state index is -3.43. The van der Waals surface area contributed by atoms with Crippen molar-refractivity contribution in [2.24, 2.45) is 0 Å². The van der Waals surface area contributed by atoms with Crippen LogP contribution in [0, 0.1) is 0 Å². The van der Waals surface area contributed by atoms with Crippen molar-refractivity contribution in [2.75, 3.05) is 32.4 Å². The topological polar surface area (TPSA) is 143 Å². The summed E-state index contributed by atoms with van der Waals surface area (Å²) in [6, 6.07) is 12.6. The van der Waals surface area contributed by atoms with Crippen LogP contribution in [-0.4, -0.2) is 72.6 Å². The van der Waals surface area contributed by atoms with E-state index in [1.54, 1.807) is 40.1 Å². The van der Waals surface area contributed by atoms with Gasteiger partial charge in [0, 0.05) is 38.0 Å². The van der Waals surface area contributed by atoms with Crippen LogP contribution in [0.5, 0.6) is 5.75 Å². The number of carbonyl (C=O) groups is 2. The molecule has 1 fully saturated rings. The third-order valence-corrected chi connectivity index (χ3v) is 6.44. The Kier molecular flexibility index (Phi) is 6.50. The molecule has 0 aliphatic carbocycles. The molecule has 34 heavy (non-hydrogen) atoms. The molecule has 2 amide bonds. The van der Waals surface area contributed by atoms with Gasteiger partial charge in [-0.25, -0.2) is 13.2 Å². The van der Waals surface area contributed by atoms with Gasteiger partial charge in [-0.3, -0.25) is 19.1 Å². The van der Waals surface area contributed by atoms with E-state index in [1.165, 1.54) is 18.2 Å².